The average molecular weight is 1230 g/mol. The topological polar surface area (TPSA) is 285 Å². The van der Waals surface area contributed by atoms with Gasteiger partial charge in [-0.25, -0.2) is 13.4 Å². The first-order valence-electron chi connectivity index (χ1n) is 30.9. The molecule has 10 N–H and O–H groups in total. The number of carbonyl (C=O) groups is 1. The average Bonchev–Trinajstić information content (AvgIpc) is 2.80. The quantitative estimate of drug-likeness (QED) is 0.118. The van der Waals surface area contributed by atoms with E-state index in [9.17, 15) is 13.2 Å². The molecule has 0 spiro atoms. The molecular weight excluding hydrogens is 1130 g/mol. The fourth-order valence-corrected chi connectivity index (χ4v) is 15.5. The van der Waals surface area contributed by atoms with Crippen molar-refractivity contribution < 1.29 is 13.2 Å². The van der Waals surface area contributed by atoms with Gasteiger partial charge in [-0.2, -0.15) is 0 Å². The highest BCUT2D eigenvalue weighted by Gasteiger charge is 2.35. The molecule has 7 aliphatic rings. The lowest BCUT2D eigenvalue weighted by Crippen LogP contribution is -2.61. The van der Waals surface area contributed by atoms with Gasteiger partial charge in [-0.1, -0.05) is 0 Å². The summed E-state index contributed by atoms with van der Waals surface area (Å²) < 4.78 is 22.7. The summed E-state index contributed by atoms with van der Waals surface area (Å²) in [7, 11) is -0.637. The first-order chi connectivity index (χ1) is 41.8. The summed E-state index contributed by atoms with van der Waals surface area (Å²) in [5.74, 6) is 1.33. The van der Waals surface area contributed by atoms with E-state index in [0.717, 1.165) is 154 Å². The van der Waals surface area contributed by atoms with Crippen LogP contribution in [-0.2, 0) is 14.6 Å². The lowest BCUT2D eigenvalue weighted by atomic mass is 9.96. The highest BCUT2D eigenvalue weighted by Crippen LogP contribution is 2.36. The molecule has 0 radical (unpaired) electrons. The van der Waals surface area contributed by atoms with Gasteiger partial charge in [0.25, 0.3) is 0 Å². The predicted molar refractivity (Wildman–Crippen MR) is 357 cm³/mol. The lowest BCUT2D eigenvalue weighted by molar-refractivity contribution is -0.136. The first kappa shape index (κ1) is 64.2. The van der Waals surface area contributed by atoms with Crippen molar-refractivity contribution in [2.45, 2.75) is 104 Å². The third-order valence-electron chi connectivity index (χ3n) is 17.8. The molecule has 7 aliphatic heterocycles. The summed E-state index contributed by atoms with van der Waals surface area (Å²) in [5, 5.41) is 3.34. The van der Waals surface area contributed by atoms with Crippen LogP contribution in [0.2, 0.25) is 0 Å². The second-order valence-electron chi connectivity index (χ2n) is 24.3. The number of nitrogen functional groups attached to an aromatic ring is 5. The molecule has 470 valence electrons. The number of rotatable bonds is 6. The summed E-state index contributed by atoms with van der Waals surface area (Å²) in [6, 6.07) is 0.974. The number of thiazole rings is 1. The van der Waals surface area contributed by atoms with Crippen LogP contribution in [0, 0.1) is 34.6 Å². The van der Waals surface area contributed by atoms with E-state index in [1.54, 1.807) is 48.5 Å². The molecule has 0 aliphatic carbocycles. The van der Waals surface area contributed by atoms with E-state index in [0.29, 0.717) is 49.1 Å². The van der Waals surface area contributed by atoms with E-state index in [4.69, 9.17) is 28.7 Å². The maximum Gasteiger partial charge on any atom is 0.222 e. The Morgan fingerprint density at radius 1 is 0.460 bits per heavy atom. The monoisotopic (exact) mass is 1230 g/mol. The molecule has 7 saturated heterocycles. The van der Waals surface area contributed by atoms with Crippen molar-refractivity contribution in [2.75, 3.05) is 170 Å². The number of hydrogen-bond acceptors (Lipinski definition) is 22. The van der Waals surface area contributed by atoms with Crippen LogP contribution in [-0.4, -0.2) is 188 Å². The minimum Gasteiger partial charge on any atom is -0.396 e. The summed E-state index contributed by atoms with van der Waals surface area (Å²) in [6.07, 6.45) is 28.8. The van der Waals surface area contributed by atoms with Gasteiger partial charge in [0, 0.05) is 165 Å². The van der Waals surface area contributed by atoms with Crippen molar-refractivity contribution in [3.8, 4) is 0 Å². The van der Waals surface area contributed by atoms with Crippen molar-refractivity contribution >= 4 is 84.0 Å². The number of hydrogen-bond donors (Lipinski definition) is 5. The van der Waals surface area contributed by atoms with Gasteiger partial charge in [-0.15, -0.1) is 11.3 Å². The Bertz CT molecular complexity index is 3230. The molecule has 6 aromatic rings. The Labute approximate surface area is 519 Å². The van der Waals surface area contributed by atoms with Gasteiger partial charge in [-0.05, 0) is 114 Å². The Hall–Kier alpha value is -7.28. The minimum atomic E-state index is -2.85. The second kappa shape index (κ2) is 29.6. The Kier molecular flexibility index (Phi) is 21.9. The summed E-state index contributed by atoms with van der Waals surface area (Å²) in [6.45, 7) is 25.0. The highest BCUT2D eigenvalue weighted by atomic mass is 32.2. The van der Waals surface area contributed by atoms with Gasteiger partial charge in [0.15, 0.2) is 9.84 Å². The van der Waals surface area contributed by atoms with Crippen LogP contribution in [0.4, 0.5) is 56.9 Å². The van der Waals surface area contributed by atoms with Crippen LogP contribution in [0.25, 0.3) is 0 Å². The van der Waals surface area contributed by atoms with Crippen LogP contribution < -0.4 is 53.2 Å². The normalized spacial score (nSPS) is 20.7. The standard InChI is InChI=1S/C14H23N5.C14H20N4O.C14H18N4S.C11H17N3.C10H15N3O2S/c1-11-7-16-8-13(15)14(11)19-6-5-18-4-3-17(2)9-12(18)10-19;1-10-7-16-8-12(15)14(10)17-5-6-18-11(9-17)3-2-4-13(18)19;1-10-8-16-9-12(15)13(10)18-5-2-11(3-6-18)14-17-4-7-19-14;1-9-7-13-8-10(12)11(9)14-5-3-2-4-6-14;1-8-6-12-7-9(11)10(8)13-2-4-16(14,15)5-3-13/h7-8,12H,3-6,9-10,15H2,1-2H3;7-8,11H,2-6,9,15H2,1H3;4,7-9,11H,2-3,5-6,15H2,1H3;7-8H,2-6,12H2,1H3;6-7H,2-5,11H2,1H3. The molecule has 13 rings (SSSR count). The Balaban J connectivity index is 0.000000130. The number of pyridine rings is 5. The van der Waals surface area contributed by atoms with E-state index in [1.807, 2.05) is 54.6 Å². The first-order valence-corrected chi connectivity index (χ1v) is 33.6. The van der Waals surface area contributed by atoms with E-state index in [2.05, 4.69) is 92.5 Å². The molecule has 6 aromatic heterocycles. The number of piperazine rings is 3. The highest BCUT2D eigenvalue weighted by molar-refractivity contribution is 7.91. The zero-order chi connectivity index (χ0) is 61.8. The lowest BCUT2D eigenvalue weighted by Gasteiger charge is -2.47. The number of aromatic nitrogens is 6. The van der Waals surface area contributed by atoms with Crippen molar-refractivity contribution in [3.05, 3.63) is 106 Å². The smallest absolute Gasteiger partial charge is 0.222 e. The maximum atomic E-state index is 11.9. The van der Waals surface area contributed by atoms with Crippen LogP contribution in [0.5, 0.6) is 0 Å². The molecule has 1 amide bonds. The molecule has 7 fully saturated rings. The Morgan fingerprint density at radius 2 is 0.885 bits per heavy atom. The number of nitrogens with two attached hydrogens (primary N) is 5. The number of carbonyl (C=O) groups excluding carboxylic acids is 1. The zero-order valence-corrected chi connectivity index (χ0v) is 53.7. The number of amides is 1. The Morgan fingerprint density at radius 3 is 1.34 bits per heavy atom. The van der Waals surface area contributed by atoms with Crippen molar-refractivity contribution in [2.24, 2.45) is 0 Å². The van der Waals surface area contributed by atoms with Crippen LogP contribution in [0.3, 0.4) is 0 Å². The minimum absolute atomic E-state index is 0.203. The fraction of sp³-hybridized carbons (Fsp3) is 0.540. The molecule has 2 atom stereocenters. The number of aryl methyl sites for hydroxylation is 5. The number of piperidine rings is 3. The van der Waals surface area contributed by atoms with Crippen LogP contribution >= 0.6 is 11.3 Å². The fourth-order valence-electron chi connectivity index (χ4n) is 13.5. The number of nitrogens with zero attached hydrogens (tertiary/aromatic N) is 14. The van der Waals surface area contributed by atoms with Gasteiger partial charge in [0.1, 0.15) is 0 Å². The molecule has 22 nitrogen and oxygen atoms in total. The number of anilines is 10. The van der Waals surface area contributed by atoms with Crippen LogP contribution in [0.1, 0.15) is 90.1 Å². The SMILES string of the molecule is Cc1cncc(N)c1N1CCC(c2nccs2)CC1.Cc1cncc(N)c1N1CCCCC1.Cc1cncc(N)c1N1CCN2C(=O)CCCC2C1.Cc1cncc(N)c1N1CCN2CCN(C)CC2C1.Cc1cncc(N)c1N1CCS(=O)(=O)CC1. The molecule has 2 unspecified atom stereocenters. The van der Waals surface area contributed by atoms with E-state index >= 15 is 0 Å². The zero-order valence-electron chi connectivity index (χ0n) is 52.0. The van der Waals surface area contributed by atoms with E-state index in [-0.39, 0.29) is 11.5 Å². The molecule has 0 aromatic carbocycles. The summed E-state index contributed by atoms with van der Waals surface area (Å²) in [5.41, 5.74) is 45.0. The molecule has 13 heterocycles. The van der Waals surface area contributed by atoms with Gasteiger partial charge < -0.3 is 63.0 Å². The van der Waals surface area contributed by atoms with Crippen molar-refractivity contribution in [1.82, 2.24) is 44.6 Å². The third-order valence-corrected chi connectivity index (χ3v) is 20.4. The number of fused-ring (bicyclic) bond motifs is 2. The molecule has 0 saturated carbocycles. The molecule has 0 bridgehead atoms. The molecular formula is C63H93N19O3S2. The largest absolute Gasteiger partial charge is 0.396 e. The third kappa shape index (κ3) is 16.3. The summed E-state index contributed by atoms with van der Waals surface area (Å²) in [4.78, 5) is 55.4. The predicted octanol–water partition coefficient (Wildman–Crippen LogP) is 6.56. The van der Waals surface area contributed by atoms with Gasteiger partial charge >= 0.3 is 0 Å². The van der Waals surface area contributed by atoms with Crippen molar-refractivity contribution in [3.63, 3.8) is 0 Å². The van der Waals surface area contributed by atoms with Gasteiger partial charge in [0.05, 0.1) is 104 Å². The van der Waals surface area contributed by atoms with Crippen LogP contribution in [0.15, 0.2) is 73.5 Å². The number of sulfone groups is 1. The van der Waals surface area contributed by atoms with Crippen molar-refractivity contribution in [1.29, 1.82) is 0 Å². The van der Waals surface area contributed by atoms with Gasteiger partial charge in [-0.3, -0.25) is 34.6 Å². The second-order valence-corrected chi connectivity index (χ2v) is 27.5. The summed E-state index contributed by atoms with van der Waals surface area (Å²) >= 11 is 1.77. The van der Waals surface area contributed by atoms with E-state index in [1.165, 1.54) is 59.9 Å². The maximum absolute atomic E-state index is 11.9. The number of likely N-dealkylation sites (N-methyl/N-ethyl adjacent to an activating group) is 1. The van der Waals surface area contributed by atoms with E-state index < -0.39 is 9.84 Å². The van der Waals surface area contributed by atoms with Gasteiger partial charge in [0.2, 0.25) is 5.91 Å². The molecule has 24 heteroatoms. The molecule has 87 heavy (non-hydrogen) atoms.